The zero-order valence-electron chi connectivity index (χ0n) is 30.6. The van der Waals surface area contributed by atoms with E-state index in [2.05, 4.69) is 21.3 Å². The van der Waals surface area contributed by atoms with Crippen LogP contribution in [0.15, 0.2) is 70.3 Å². The normalized spacial score (nSPS) is 12.2. The van der Waals surface area contributed by atoms with E-state index in [1.165, 1.54) is 9.36 Å². The van der Waals surface area contributed by atoms with Crippen molar-refractivity contribution in [1.82, 2.24) is 29.4 Å². The van der Waals surface area contributed by atoms with Gasteiger partial charge in [0.1, 0.15) is 48.6 Å². The number of rotatable bonds is 20. The third-order valence-corrected chi connectivity index (χ3v) is 8.49. The Bertz CT molecular complexity index is 1730. The number of anilines is 2. The first-order valence-electron chi connectivity index (χ1n) is 17.1. The Morgan fingerprint density at radius 1 is 0.577 bits per heavy atom. The van der Waals surface area contributed by atoms with Crippen molar-refractivity contribution in [2.24, 2.45) is 28.2 Å². The van der Waals surface area contributed by atoms with Crippen molar-refractivity contribution in [3.63, 3.8) is 0 Å². The van der Waals surface area contributed by atoms with Gasteiger partial charge >= 0.3 is 11.9 Å². The number of esters is 2. The fourth-order valence-electron chi connectivity index (χ4n) is 5.38. The topological polar surface area (TPSA) is 173 Å². The van der Waals surface area contributed by atoms with Crippen LogP contribution in [0.3, 0.4) is 0 Å². The molecule has 16 heteroatoms. The maximum Gasteiger partial charge on any atom is 0.417 e. The minimum absolute atomic E-state index is 0.0165. The summed E-state index contributed by atoms with van der Waals surface area (Å²) < 4.78 is 29.3. The second-order valence-corrected chi connectivity index (χ2v) is 12.2. The van der Waals surface area contributed by atoms with E-state index < -0.39 is 24.1 Å². The molecule has 0 aliphatic carbocycles. The van der Waals surface area contributed by atoms with E-state index in [0.717, 1.165) is 0 Å². The first-order chi connectivity index (χ1) is 25.0. The number of carbonyl (C=O) groups is 2. The summed E-state index contributed by atoms with van der Waals surface area (Å²) in [5.41, 5.74) is 1.06. The fourth-order valence-corrected chi connectivity index (χ4v) is 5.38. The number of benzene rings is 2. The van der Waals surface area contributed by atoms with Gasteiger partial charge in [-0.3, -0.25) is 28.3 Å². The summed E-state index contributed by atoms with van der Waals surface area (Å²) in [6.45, 7) is 5.74. The van der Waals surface area contributed by atoms with Crippen LogP contribution in [0, 0.1) is 13.8 Å². The predicted octanol–water partition coefficient (Wildman–Crippen LogP) is 1.06. The van der Waals surface area contributed by atoms with Crippen molar-refractivity contribution >= 4 is 23.6 Å². The van der Waals surface area contributed by atoms with Crippen LogP contribution in [0.25, 0.3) is 0 Å². The number of para-hydroxylation sites is 2. The molecule has 2 atom stereocenters. The average molecular weight is 723 g/mol. The van der Waals surface area contributed by atoms with Crippen molar-refractivity contribution in [3.05, 3.63) is 92.5 Å². The Labute approximate surface area is 302 Å². The van der Waals surface area contributed by atoms with E-state index in [0.29, 0.717) is 60.4 Å². The van der Waals surface area contributed by atoms with Crippen molar-refractivity contribution < 1.29 is 28.5 Å². The lowest BCUT2D eigenvalue weighted by molar-refractivity contribution is -0.175. The Hall–Kier alpha value is -5.48. The number of aromatic nitrogens is 4. The lowest BCUT2D eigenvalue weighted by Gasteiger charge is -2.21. The van der Waals surface area contributed by atoms with Crippen molar-refractivity contribution in [2.45, 2.75) is 26.1 Å². The van der Waals surface area contributed by atoms with Crippen LogP contribution in [0.2, 0.25) is 0 Å². The number of carbonyl (C=O) groups excluding carboxylic acids is 2. The molecule has 4 aromatic rings. The molecule has 0 aliphatic rings. The zero-order chi connectivity index (χ0) is 37.6. The van der Waals surface area contributed by atoms with Crippen LogP contribution in [0.4, 0.5) is 11.6 Å². The highest BCUT2D eigenvalue weighted by Gasteiger charge is 2.27. The van der Waals surface area contributed by atoms with E-state index >= 15 is 0 Å². The molecule has 16 nitrogen and oxygen atoms in total. The largest absolute Gasteiger partial charge is 0.490 e. The maximum absolute atomic E-state index is 13.1. The molecule has 282 valence electrons. The average Bonchev–Trinajstić information content (AvgIpc) is 3.45. The van der Waals surface area contributed by atoms with E-state index in [-0.39, 0.29) is 37.4 Å². The van der Waals surface area contributed by atoms with Gasteiger partial charge in [-0.1, -0.05) is 36.4 Å². The molecule has 0 fully saturated rings. The molecule has 4 rings (SSSR count). The van der Waals surface area contributed by atoms with Gasteiger partial charge in [-0.25, -0.2) is 9.59 Å². The molecule has 2 aromatic heterocycles. The van der Waals surface area contributed by atoms with Gasteiger partial charge in [0.25, 0.3) is 11.1 Å². The Balaban J connectivity index is 1.32. The molecule has 0 saturated heterocycles. The fraction of sp³-hybridized carbons (Fsp3) is 0.444. The van der Waals surface area contributed by atoms with E-state index in [4.69, 9.17) is 18.9 Å². The third-order valence-electron chi connectivity index (χ3n) is 8.49. The molecule has 0 spiro atoms. The van der Waals surface area contributed by atoms with Gasteiger partial charge in [-0.2, -0.15) is 0 Å². The molecule has 52 heavy (non-hydrogen) atoms. The van der Waals surface area contributed by atoms with Crippen molar-refractivity contribution in [3.8, 4) is 11.5 Å². The Morgan fingerprint density at radius 2 is 0.942 bits per heavy atom. The Morgan fingerprint density at radius 3 is 1.27 bits per heavy atom. The highest BCUT2D eigenvalue weighted by Crippen LogP contribution is 2.12. The van der Waals surface area contributed by atoms with Crippen LogP contribution in [-0.2, 0) is 47.3 Å². The maximum atomic E-state index is 13.1. The second kappa shape index (κ2) is 19.2. The van der Waals surface area contributed by atoms with E-state index in [9.17, 15) is 19.2 Å². The molecule has 0 bridgehead atoms. The highest BCUT2D eigenvalue weighted by molar-refractivity contribution is 6.29. The summed E-state index contributed by atoms with van der Waals surface area (Å²) in [5, 5.41) is 12.9. The van der Waals surface area contributed by atoms with E-state index in [1.807, 2.05) is 36.4 Å². The summed E-state index contributed by atoms with van der Waals surface area (Å²) in [5.74, 6) is 0.254. The molecule has 0 radical (unpaired) electrons. The summed E-state index contributed by atoms with van der Waals surface area (Å²) in [6.07, 6.45) is -1.66. The number of hydrogen-bond donors (Lipinski definition) is 4. The van der Waals surface area contributed by atoms with Crippen LogP contribution >= 0.6 is 0 Å². The monoisotopic (exact) mass is 722 g/mol. The molecule has 0 amide bonds. The molecule has 2 heterocycles. The smallest absolute Gasteiger partial charge is 0.417 e. The highest BCUT2D eigenvalue weighted by atomic mass is 16.6. The summed E-state index contributed by atoms with van der Waals surface area (Å²) in [7, 11) is 6.98. The molecular weight excluding hydrogens is 672 g/mol. The summed E-state index contributed by atoms with van der Waals surface area (Å²) >= 11 is 0. The standard InChI is InChI=1S/C36H50N8O8/c1-25-31(41(3)43(5)33(25)45)39-19-17-37-21-29(23-49-27-13-9-7-10-14-27)51-35(47)36(48)52-30(24-50-28-15-11-8-12-16-28)22-38-18-20-40-32-26(2)34(46)44(6)42(32)4/h7-16,29-30,37-40H,17-24H2,1-6H3. The van der Waals surface area contributed by atoms with Crippen LogP contribution in [0.1, 0.15) is 11.1 Å². The van der Waals surface area contributed by atoms with E-state index in [1.54, 1.807) is 75.7 Å². The van der Waals surface area contributed by atoms with Gasteiger partial charge in [0, 0.05) is 67.5 Å². The van der Waals surface area contributed by atoms with Crippen LogP contribution < -0.4 is 41.9 Å². The van der Waals surface area contributed by atoms with Gasteiger partial charge in [0.05, 0.1) is 11.1 Å². The zero-order valence-corrected chi connectivity index (χ0v) is 30.6. The SMILES string of the molecule is Cc1c(NCCNCC(COc2ccccc2)OC(=O)C(=O)OC(CNCCNc2c(C)c(=O)n(C)n2C)COc2ccccc2)n(C)n(C)c1=O. The first-order valence-corrected chi connectivity index (χ1v) is 17.1. The summed E-state index contributed by atoms with van der Waals surface area (Å²) in [4.78, 5) is 50.6. The molecule has 0 aliphatic heterocycles. The number of nitrogens with zero attached hydrogens (tertiary/aromatic N) is 4. The van der Waals surface area contributed by atoms with Crippen molar-refractivity contribution in [1.29, 1.82) is 0 Å². The molecule has 0 saturated carbocycles. The minimum Gasteiger partial charge on any atom is -0.490 e. The predicted molar refractivity (Wildman–Crippen MR) is 197 cm³/mol. The van der Waals surface area contributed by atoms with Crippen molar-refractivity contribution in [2.75, 3.05) is 63.1 Å². The quantitative estimate of drug-likeness (QED) is 0.0582. The molecule has 4 N–H and O–H groups in total. The minimum atomic E-state index is -1.16. The van der Waals surface area contributed by atoms with Gasteiger partial charge in [-0.05, 0) is 38.1 Å². The number of ether oxygens (including phenoxy) is 4. The molecule has 2 unspecified atom stereocenters. The third kappa shape index (κ3) is 10.8. The lowest BCUT2D eigenvalue weighted by atomic mass is 10.3. The van der Waals surface area contributed by atoms with Gasteiger partial charge in [0.15, 0.2) is 0 Å². The number of nitrogens with one attached hydrogen (secondary N) is 4. The van der Waals surface area contributed by atoms with Crippen LogP contribution in [0.5, 0.6) is 11.5 Å². The Kier molecular flexibility index (Phi) is 14.5. The van der Waals surface area contributed by atoms with Gasteiger partial charge < -0.3 is 40.2 Å². The second-order valence-electron chi connectivity index (χ2n) is 12.2. The summed E-state index contributed by atoms with van der Waals surface area (Å²) in [6, 6.07) is 18.1. The van der Waals surface area contributed by atoms with Gasteiger partial charge in [-0.15, -0.1) is 0 Å². The molecule has 2 aromatic carbocycles. The first kappa shape index (κ1) is 39.3. The number of hydrogen-bond acceptors (Lipinski definition) is 12. The van der Waals surface area contributed by atoms with Crippen LogP contribution in [-0.4, -0.2) is 95.4 Å². The lowest BCUT2D eigenvalue weighted by Crippen LogP contribution is -2.42. The molecular formula is C36H50N8O8. The van der Waals surface area contributed by atoms with Gasteiger partial charge in [0.2, 0.25) is 0 Å².